The summed E-state index contributed by atoms with van der Waals surface area (Å²) in [4.78, 5) is 15.2. The van der Waals surface area contributed by atoms with Crippen molar-refractivity contribution in [1.82, 2.24) is 4.90 Å². The van der Waals surface area contributed by atoms with Crippen molar-refractivity contribution in [2.75, 3.05) is 6.54 Å². The lowest BCUT2D eigenvalue weighted by molar-refractivity contribution is -0.162. The fourth-order valence-corrected chi connectivity index (χ4v) is 5.53. The first-order chi connectivity index (χ1) is 12.5. The SMILES string of the molecule is NC12CC(CC(=O)N3CCc4ccccc4C3c3ccc(F)cc3)(C1)C2. The molecular formula is C22H23FN2O. The van der Waals surface area contributed by atoms with Gasteiger partial charge in [0.1, 0.15) is 5.82 Å². The standard InChI is InChI=1S/C22H23FN2O/c23-17-7-5-16(6-8-17)20-18-4-2-1-3-15(18)9-10-25(20)19(26)11-21-12-22(24,13-21)14-21/h1-8,20H,9-14,24H2. The van der Waals surface area contributed by atoms with Crippen LogP contribution in [-0.2, 0) is 11.2 Å². The van der Waals surface area contributed by atoms with Crippen LogP contribution in [0.5, 0.6) is 0 Å². The van der Waals surface area contributed by atoms with Crippen molar-refractivity contribution in [3.05, 3.63) is 71.0 Å². The van der Waals surface area contributed by atoms with Crippen LogP contribution in [0.3, 0.4) is 0 Å². The Kier molecular flexibility index (Phi) is 3.32. The molecule has 134 valence electrons. The Morgan fingerprint density at radius 2 is 1.81 bits per heavy atom. The monoisotopic (exact) mass is 350 g/mol. The lowest BCUT2D eigenvalue weighted by Crippen LogP contribution is -2.72. The quantitative estimate of drug-likeness (QED) is 0.920. The molecule has 4 heteroatoms. The predicted molar refractivity (Wildman–Crippen MR) is 97.9 cm³/mol. The molecule has 1 unspecified atom stereocenters. The van der Waals surface area contributed by atoms with Crippen molar-refractivity contribution >= 4 is 5.91 Å². The van der Waals surface area contributed by atoms with E-state index in [0.717, 1.165) is 36.8 Å². The van der Waals surface area contributed by atoms with Crippen LogP contribution in [0.1, 0.15) is 48.4 Å². The van der Waals surface area contributed by atoms with E-state index in [-0.39, 0.29) is 28.7 Å². The van der Waals surface area contributed by atoms with Crippen molar-refractivity contribution in [3.63, 3.8) is 0 Å². The fourth-order valence-electron chi connectivity index (χ4n) is 5.53. The third kappa shape index (κ3) is 2.39. The van der Waals surface area contributed by atoms with Crippen molar-refractivity contribution < 1.29 is 9.18 Å². The topological polar surface area (TPSA) is 46.3 Å². The predicted octanol–water partition coefficient (Wildman–Crippen LogP) is 3.57. The minimum atomic E-state index is -0.252. The Hall–Kier alpha value is -2.20. The Bertz CT molecular complexity index is 856. The number of nitrogens with zero attached hydrogens (tertiary/aromatic N) is 1. The number of benzene rings is 2. The first-order valence-corrected chi connectivity index (χ1v) is 9.39. The van der Waals surface area contributed by atoms with E-state index in [4.69, 9.17) is 5.73 Å². The second-order valence-corrected chi connectivity index (χ2v) is 8.56. The van der Waals surface area contributed by atoms with E-state index in [0.29, 0.717) is 13.0 Å². The van der Waals surface area contributed by atoms with Gasteiger partial charge in [-0.3, -0.25) is 4.79 Å². The van der Waals surface area contributed by atoms with Crippen LogP contribution < -0.4 is 5.73 Å². The summed E-state index contributed by atoms with van der Waals surface area (Å²) in [5.74, 6) is -0.0478. The number of hydrogen-bond donors (Lipinski definition) is 1. The molecule has 0 aromatic heterocycles. The van der Waals surface area contributed by atoms with E-state index >= 15 is 0 Å². The molecule has 2 N–H and O–H groups in total. The first kappa shape index (κ1) is 16.0. The average molecular weight is 350 g/mol. The minimum Gasteiger partial charge on any atom is -0.331 e. The van der Waals surface area contributed by atoms with E-state index in [2.05, 4.69) is 12.1 Å². The number of rotatable bonds is 3. The summed E-state index contributed by atoms with van der Waals surface area (Å²) < 4.78 is 13.4. The van der Waals surface area contributed by atoms with Gasteiger partial charge in [0.05, 0.1) is 6.04 Å². The van der Waals surface area contributed by atoms with Gasteiger partial charge in [-0.15, -0.1) is 0 Å². The van der Waals surface area contributed by atoms with Crippen LogP contribution >= 0.6 is 0 Å². The van der Waals surface area contributed by atoms with Crippen LogP contribution in [0, 0.1) is 11.2 Å². The van der Waals surface area contributed by atoms with Gasteiger partial charge < -0.3 is 10.6 Å². The normalized spacial score (nSPS) is 31.6. The molecule has 2 aromatic rings. The Morgan fingerprint density at radius 3 is 2.50 bits per heavy atom. The highest BCUT2D eigenvalue weighted by atomic mass is 19.1. The fraction of sp³-hybridized carbons (Fsp3) is 0.409. The molecule has 3 fully saturated rings. The highest BCUT2D eigenvalue weighted by Gasteiger charge is 2.66. The molecular weight excluding hydrogens is 327 g/mol. The van der Waals surface area contributed by atoms with Gasteiger partial charge in [-0.25, -0.2) is 4.39 Å². The number of halogens is 1. The smallest absolute Gasteiger partial charge is 0.223 e. The summed E-state index contributed by atoms with van der Waals surface area (Å²) in [5, 5.41) is 0. The number of carbonyl (C=O) groups is 1. The van der Waals surface area contributed by atoms with Crippen LogP contribution in [0.2, 0.25) is 0 Å². The molecule has 0 saturated heterocycles. The van der Waals surface area contributed by atoms with E-state index in [1.807, 2.05) is 17.0 Å². The summed E-state index contributed by atoms with van der Waals surface area (Å²) >= 11 is 0. The zero-order chi connectivity index (χ0) is 17.9. The van der Waals surface area contributed by atoms with Gasteiger partial charge in [0.15, 0.2) is 0 Å². The van der Waals surface area contributed by atoms with E-state index in [1.54, 1.807) is 12.1 Å². The Morgan fingerprint density at radius 1 is 1.12 bits per heavy atom. The van der Waals surface area contributed by atoms with Crippen LogP contribution in [-0.4, -0.2) is 22.9 Å². The summed E-state index contributed by atoms with van der Waals surface area (Å²) in [6.07, 6.45) is 4.41. The zero-order valence-corrected chi connectivity index (χ0v) is 14.7. The van der Waals surface area contributed by atoms with Gasteiger partial charge >= 0.3 is 0 Å². The molecule has 26 heavy (non-hydrogen) atoms. The van der Waals surface area contributed by atoms with E-state index < -0.39 is 0 Å². The largest absolute Gasteiger partial charge is 0.331 e. The molecule has 3 aliphatic carbocycles. The molecule has 3 saturated carbocycles. The third-order valence-electron chi connectivity index (χ3n) is 6.50. The second kappa shape index (κ2) is 5.40. The average Bonchev–Trinajstić information content (AvgIpc) is 2.59. The molecule has 4 aliphatic rings. The maximum absolute atomic E-state index is 13.4. The summed E-state index contributed by atoms with van der Waals surface area (Å²) in [5.41, 5.74) is 9.74. The van der Waals surface area contributed by atoms with Gasteiger partial charge in [0.2, 0.25) is 5.91 Å². The molecule has 1 amide bonds. The molecule has 1 aliphatic heterocycles. The highest BCUT2D eigenvalue weighted by Crippen LogP contribution is 2.67. The summed E-state index contributed by atoms with van der Waals surface area (Å²) in [6, 6.07) is 14.7. The molecule has 2 bridgehead atoms. The molecule has 1 heterocycles. The van der Waals surface area contributed by atoms with Crippen molar-refractivity contribution in [1.29, 1.82) is 0 Å². The van der Waals surface area contributed by atoms with Crippen LogP contribution in [0.4, 0.5) is 4.39 Å². The zero-order valence-electron chi connectivity index (χ0n) is 14.7. The molecule has 0 spiro atoms. The number of carbonyl (C=O) groups excluding carboxylic acids is 1. The number of nitrogens with two attached hydrogens (primary N) is 1. The number of fused-ring (bicyclic) bond motifs is 1. The maximum Gasteiger partial charge on any atom is 0.223 e. The van der Waals surface area contributed by atoms with Gasteiger partial charge in [0.25, 0.3) is 0 Å². The van der Waals surface area contributed by atoms with Gasteiger partial charge in [-0.05, 0) is 59.9 Å². The second-order valence-electron chi connectivity index (χ2n) is 8.56. The summed E-state index contributed by atoms with van der Waals surface area (Å²) in [6.45, 7) is 0.710. The molecule has 1 atom stereocenters. The van der Waals surface area contributed by atoms with Crippen molar-refractivity contribution in [2.24, 2.45) is 11.1 Å². The molecule has 0 radical (unpaired) electrons. The van der Waals surface area contributed by atoms with Gasteiger partial charge in [0, 0.05) is 18.5 Å². The summed E-state index contributed by atoms with van der Waals surface area (Å²) in [7, 11) is 0. The first-order valence-electron chi connectivity index (χ1n) is 9.39. The highest BCUT2D eigenvalue weighted by molar-refractivity contribution is 5.79. The third-order valence-corrected chi connectivity index (χ3v) is 6.50. The van der Waals surface area contributed by atoms with Gasteiger partial charge in [-0.2, -0.15) is 0 Å². The van der Waals surface area contributed by atoms with E-state index in [1.165, 1.54) is 17.7 Å². The molecule has 2 aromatic carbocycles. The van der Waals surface area contributed by atoms with Crippen molar-refractivity contribution in [3.8, 4) is 0 Å². The molecule has 3 nitrogen and oxygen atoms in total. The lowest BCUT2D eigenvalue weighted by Gasteiger charge is -2.69. The van der Waals surface area contributed by atoms with Crippen LogP contribution in [0.25, 0.3) is 0 Å². The van der Waals surface area contributed by atoms with Crippen LogP contribution in [0.15, 0.2) is 48.5 Å². The number of amides is 1. The van der Waals surface area contributed by atoms with Gasteiger partial charge in [-0.1, -0.05) is 36.4 Å². The Balaban J connectivity index is 1.47. The van der Waals surface area contributed by atoms with E-state index in [9.17, 15) is 9.18 Å². The maximum atomic E-state index is 13.4. The lowest BCUT2D eigenvalue weighted by atomic mass is 9.39. The minimum absolute atomic E-state index is 0.0190. The molecule has 6 rings (SSSR count). The van der Waals surface area contributed by atoms with Crippen molar-refractivity contribution in [2.45, 2.75) is 43.7 Å². The number of hydrogen-bond acceptors (Lipinski definition) is 2. The Labute approximate surface area is 153 Å².